The second kappa shape index (κ2) is 11.7. The van der Waals surface area contributed by atoms with E-state index in [2.05, 4.69) is 5.32 Å². The molecule has 4 atom stereocenters. The monoisotopic (exact) mass is 595 g/mol. The molecule has 8 nitrogen and oxygen atoms in total. The molecule has 2 fully saturated rings. The third-order valence-corrected chi connectivity index (χ3v) is 9.63. The minimum absolute atomic E-state index is 0.00526. The number of alkyl halides is 3. The fourth-order valence-corrected chi connectivity index (χ4v) is 7.44. The molecule has 224 valence electrons. The van der Waals surface area contributed by atoms with Crippen LogP contribution in [-0.2, 0) is 32.2 Å². The van der Waals surface area contributed by atoms with Crippen LogP contribution in [0.3, 0.4) is 0 Å². The number of halogens is 3. The van der Waals surface area contributed by atoms with Crippen LogP contribution in [0.4, 0.5) is 18.0 Å². The normalized spacial score (nSPS) is 22.4. The number of amides is 2. The molecule has 1 saturated heterocycles. The molecule has 0 spiro atoms. The van der Waals surface area contributed by atoms with Gasteiger partial charge in [0.15, 0.2) is 0 Å². The van der Waals surface area contributed by atoms with E-state index in [1.165, 1.54) is 10.4 Å². The average Bonchev–Trinajstić information content (AvgIpc) is 3.48. The first-order chi connectivity index (χ1) is 19.1. The Morgan fingerprint density at radius 2 is 1.73 bits per heavy atom. The van der Waals surface area contributed by atoms with Gasteiger partial charge in [0.2, 0.25) is 15.9 Å². The first kappa shape index (κ1) is 31.0. The van der Waals surface area contributed by atoms with Gasteiger partial charge in [0.25, 0.3) is 0 Å². The van der Waals surface area contributed by atoms with E-state index in [-0.39, 0.29) is 31.0 Å². The van der Waals surface area contributed by atoms with E-state index in [1.54, 1.807) is 27.8 Å². The number of hydrogen-bond acceptors (Lipinski definition) is 6. The molecular weight excluding hydrogens is 559 g/mol. The van der Waals surface area contributed by atoms with Crippen molar-refractivity contribution in [3.63, 3.8) is 0 Å². The van der Waals surface area contributed by atoms with Crippen molar-refractivity contribution in [2.24, 2.45) is 11.8 Å². The predicted molar refractivity (Wildman–Crippen MR) is 146 cm³/mol. The number of imide groups is 1. The van der Waals surface area contributed by atoms with Crippen molar-refractivity contribution in [2.45, 2.75) is 68.8 Å². The van der Waals surface area contributed by atoms with Crippen molar-refractivity contribution in [3.8, 4) is 0 Å². The third-order valence-electron chi connectivity index (χ3n) is 7.80. The molecule has 0 unspecified atom stereocenters. The van der Waals surface area contributed by atoms with Crippen LogP contribution in [0.2, 0.25) is 0 Å². The van der Waals surface area contributed by atoms with E-state index in [0.717, 1.165) is 17.7 Å². The Hall–Kier alpha value is -2.96. The van der Waals surface area contributed by atoms with Gasteiger partial charge in [-0.25, -0.2) is 13.2 Å². The molecule has 12 heteroatoms. The molecule has 2 amide bonds. The van der Waals surface area contributed by atoms with Gasteiger partial charge in [-0.15, -0.1) is 0 Å². The summed E-state index contributed by atoms with van der Waals surface area (Å²) in [5.41, 5.74) is -0.920. The van der Waals surface area contributed by atoms with Gasteiger partial charge < -0.3 is 4.74 Å². The zero-order valence-corrected chi connectivity index (χ0v) is 24.3. The molecule has 1 heterocycles. The molecule has 2 aliphatic rings. The summed E-state index contributed by atoms with van der Waals surface area (Å²) in [6.45, 7) is 5.42. The number of ether oxygens (including phenoxy) is 1. The van der Waals surface area contributed by atoms with E-state index in [9.17, 15) is 31.2 Å². The summed E-state index contributed by atoms with van der Waals surface area (Å²) in [5.74, 6) is -0.664. The third kappa shape index (κ3) is 7.28. The molecule has 2 aromatic carbocycles. The van der Waals surface area contributed by atoms with Crippen LogP contribution >= 0.6 is 0 Å². The first-order valence-electron chi connectivity index (χ1n) is 13.5. The lowest BCUT2D eigenvalue weighted by Crippen LogP contribution is -2.53. The highest BCUT2D eigenvalue weighted by atomic mass is 32.2. The quantitative estimate of drug-likeness (QED) is 0.499. The Bertz CT molecular complexity index is 1360. The lowest BCUT2D eigenvalue weighted by molar-refractivity contribution is -0.137. The van der Waals surface area contributed by atoms with Gasteiger partial charge in [0.05, 0.1) is 16.5 Å². The second-order valence-corrected chi connectivity index (χ2v) is 13.7. The molecule has 41 heavy (non-hydrogen) atoms. The maximum Gasteiger partial charge on any atom is 0.416 e. The maximum atomic E-state index is 13.4. The van der Waals surface area contributed by atoms with Crippen molar-refractivity contribution in [3.05, 3.63) is 65.7 Å². The van der Waals surface area contributed by atoms with Crippen LogP contribution in [-0.4, -0.2) is 67.4 Å². The van der Waals surface area contributed by atoms with Crippen molar-refractivity contribution in [1.29, 1.82) is 0 Å². The predicted octanol–water partition coefficient (Wildman–Crippen LogP) is 4.70. The topological polar surface area (TPSA) is 96.0 Å². The van der Waals surface area contributed by atoms with Gasteiger partial charge in [-0.3, -0.25) is 15.0 Å². The zero-order valence-electron chi connectivity index (χ0n) is 23.5. The van der Waals surface area contributed by atoms with E-state index in [4.69, 9.17) is 4.74 Å². The highest BCUT2D eigenvalue weighted by Crippen LogP contribution is 2.43. The molecule has 1 saturated carbocycles. The first-order valence-corrected chi connectivity index (χ1v) is 15.0. The Morgan fingerprint density at radius 1 is 1.05 bits per heavy atom. The number of nitrogens with zero attached hydrogens (tertiary/aromatic N) is 2. The molecule has 0 bridgehead atoms. The summed E-state index contributed by atoms with van der Waals surface area (Å²) in [5, 5.41) is 2.35. The number of carbonyl (C=O) groups excluding carboxylic acids is 2. The fourth-order valence-electron chi connectivity index (χ4n) is 5.86. The summed E-state index contributed by atoms with van der Waals surface area (Å²) in [4.78, 5) is 27.3. The maximum absolute atomic E-state index is 13.4. The average molecular weight is 596 g/mol. The number of sulfonamides is 1. The molecule has 1 aliphatic carbocycles. The van der Waals surface area contributed by atoms with Crippen LogP contribution in [0.25, 0.3) is 0 Å². The molecule has 1 aliphatic heterocycles. The SMILES string of the molecule is CN([C@@H](Cc1ccccc1)C(=O)NC(=O)OC(C)(C)C)[C@H]1CC[C@@H]2CN(S(=O)(=O)c3cccc(C(F)(F)F)c3)C[C@@H]21. The summed E-state index contributed by atoms with van der Waals surface area (Å²) < 4.78 is 73.0. The summed E-state index contributed by atoms with van der Waals surface area (Å²) >= 11 is 0. The number of alkyl carbamates (subject to hydrolysis) is 1. The lowest BCUT2D eigenvalue weighted by atomic mass is 9.94. The number of fused-ring (bicyclic) bond motifs is 1. The van der Waals surface area contributed by atoms with E-state index in [0.29, 0.717) is 25.3 Å². The van der Waals surface area contributed by atoms with Gasteiger partial charge in [0, 0.05) is 19.1 Å². The number of rotatable bonds is 7. The van der Waals surface area contributed by atoms with Crippen LogP contribution in [0.15, 0.2) is 59.5 Å². The number of benzene rings is 2. The van der Waals surface area contributed by atoms with Crippen LogP contribution in [0.5, 0.6) is 0 Å². The summed E-state index contributed by atoms with van der Waals surface area (Å²) in [6.07, 6.45) is -3.77. The molecule has 2 aromatic rings. The van der Waals surface area contributed by atoms with Gasteiger partial charge in [-0.2, -0.15) is 17.5 Å². The summed E-state index contributed by atoms with van der Waals surface area (Å²) in [6, 6.07) is 12.2. The Labute approximate surface area is 238 Å². The molecule has 4 rings (SSSR count). The number of nitrogens with one attached hydrogen (secondary N) is 1. The van der Waals surface area contributed by atoms with Crippen molar-refractivity contribution in [2.75, 3.05) is 20.1 Å². The summed E-state index contributed by atoms with van der Waals surface area (Å²) in [7, 11) is -2.37. The van der Waals surface area contributed by atoms with Crippen molar-refractivity contribution in [1.82, 2.24) is 14.5 Å². The lowest BCUT2D eigenvalue weighted by Gasteiger charge is -2.35. The van der Waals surface area contributed by atoms with E-state index in [1.807, 2.05) is 35.2 Å². The minimum Gasteiger partial charge on any atom is -0.444 e. The fraction of sp³-hybridized carbons (Fsp3) is 0.517. The Balaban J connectivity index is 1.53. The van der Waals surface area contributed by atoms with Gasteiger partial charge in [-0.1, -0.05) is 36.4 Å². The van der Waals surface area contributed by atoms with Crippen LogP contribution < -0.4 is 5.32 Å². The van der Waals surface area contributed by atoms with Crippen LogP contribution in [0, 0.1) is 11.8 Å². The Kier molecular flexibility index (Phi) is 8.87. The number of likely N-dealkylation sites (N-methyl/N-ethyl adjacent to an activating group) is 1. The smallest absolute Gasteiger partial charge is 0.416 e. The molecule has 0 aromatic heterocycles. The Morgan fingerprint density at radius 3 is 2.37 bits per heavy atom. The van der Waals surface area contributed by atoms with Crippen molar-refractivity contribution < 1.29 is 35.9 Å². The number of hydrogen-bond donors (Lipinski definition) is 1. The molecule has 0 radical (unpaired) electrons. The molecular formula is C29H36F3N3O5S. The highest BCUT2D eigenvalue weighted by Gasteiger charge is 2.49. The van der Waals surface area contributed by atoms with Crippen LogP contribution in [0.1, 0.15) is 44.7 Å². The van der Waals surface area contributed by atoms with E-state index < -0.39 is 50.3 Å². The van der Waals surface area contributed by atoms with Gasteiger partial charge in [-0.05, 0) is 82.7 Å². The zero-order chi connectivity index (χ0) is 30.2. The molecule has 1 N–H and O–H groups in total. The van der Waals surface area contributed by atoms with Gasteiger partial charge >= 0.3 is 12.3 Å². The minimum atomic E-state index is -4.66. The second-order valence-electron chi connectivity index (χ2n) is 11.8. The standard InChI is InChI=1S/C29H36F3N3O5S/c1-28(2,3)40-27(37)33-26(36)25(15-19-9-6-5-7-10-19)34(4)24-14-13-20-17-35(18-23(20)24)41(38,39)22-12-8-11-21(16-22)29(30,31)32/h5-12,16,20,23-25H,13-15,17-18H2,1-4H3,(H,33,36,37)/t20-,23+,24+,25+/m1/s1. The van der Waals surface area contributed by atoms with Gasteiger partial charge in [0.1, 0.15) is 5.60 Å². The van der Waals surface area contributed by atoms with E-state index >= 15 is 0 Å². The highest BCUT2D eigenvalue weighted by molar-refractivity contribution is 7.89. The number of carbonyl (C=O) groups is 2. The van der Waals surface area contributed by atoms with Crippen molar-refractivity contribution >= 4 is 22.0 Å². The largest absolute Gasteiger partial charge is 0.444 e.